The van der Waals surface area contributed by atoms with Crippen LogP contribution in [0.1, 0.15) is 15.9 Å². The van der Waals surface area contributed by atoms with E-state index in [-0.39, 0.29) is 5.91 Å². The Labute approximate surface area is 195 Å². The summed E-state index contributed by atoms with van der Waals surface area (Å²) in [5.41, 5.74) is 3.47. The highest BCUT2D eigenvalue weighted by Gasteiger charge is 2.16. The number of benzene rings is 3. The van der Waals surface area contributed by atoms with Gasteiger partial charge in [0.25, 0.3) is 5.91 Å². The summed E-state index contributed by atoms with van der Waals surface area (Å²) in [7, 11) is 3.18. The minimum atomic E-state index is -0.219. The molecule has 0 saturated carbocycles. The summed E-state index contributed by atoms with van der Waals surface area (Å²) in [5.74, 6) is 1.06. The number of fused-ring (bicyclic) bond motifs is 1. The van der Waals surface area contributed by atoms with Crippen molar-refractivity contribution in [2.24, 2.45) is 0 Å². The molecule has 0 unspecified atom stereocenters. The number of hydrogen-bond donors (Lipinski definition) is 1. The average Bonchev–Trinajstić information content (AvgIpc) is 2.83. The number of halogens is 2. The van der Waals surface area contributed by atoms with Crippen molar-refractivity contribution < 1.29 is 14.3 Å². The molecule has 1 aromatic heterocycles. The third-order valence-corrected chi connectivity index (χ3v) is 5.82. The zero-order chi connectivity index (χ0) is 22.7. The van der Waals surface area contributed by atoms with E-state index in [2.05, 4.69) is 5.32 Å². The van der Waals surface area contributed by atoms with Gasteiger partial charge in [0.15, 0.2) is 0 Å². The van der Waals surface area contributed by atoms with Gasteiger partial charge in [-0.1, -0.05) is 47.5 Å². The molecule has 0 spiro atoms. The number of pyridine rings is 1. The van der Waals surface area contributed by atoms with Gasteiger partial charge in [-0.05, 0) is 42.0 Å². The number of carbonyl (C=O) groups excluding carboxylic acids is 1. The molecule has 0 atom stereocenters. The van der Waals surface area contributed by atoms with Gasteiger partial charge in [-0.15, -0.1) is 0 Å². The monoisotopic (exact) mass is 466 g/mol. The Morgan fingerprint density at radius 1 is 0.938 bits per heavy atom. The molecule has 3 aromatic carbocycles. The van der Waals surface area contributed by atoms with E-state index < -0.39 is 0 Å². The highest BCUT2D eigenvalue weighted by atomic mass is 35.5. The fraction of sp³-hybridized carbons (Fsp3) is 0.120. The van der Waals surface area contributed by atoms with Crippen LogP contribution in [0.4, 0.5) is 0 Å². The summed E-state index contributed by atoms with van der Waals surface area (Å²) < 4.78 is 10.8. The Kier molecular flexibility index (Phi) is 6.49. The van der Waals surface area contributed by atoms with Crippen LogP contribution < -0.4 is 14.8 Å². The van der Waals surface area contributed by atoms with Crippen molar-refractivity contribution in [2.75, 3.05) is 14.2 Å². The molecule has 7 heteroatoms. The average molecular weight is 467 g/mol. The van der Waals surface area contributed by atoms with Crippen LogP contribution in [-0.4, -0.2) is 25.1 Å². The molecule has 0 aliphatic heterocycles. The molecule has 4 aromatic rings. The van der Waals surface area contributed by atoms with Crippen LogP contribution in [0.3, 0.4) is 0 Å². The topological polar surface area (TPSA) is 60.5 Å². The summed E-state index contributed by atoms with van der Waals surface area (Å²) in [6.45, 7) is 0.313. The van der Waals surface area contributed by atoms with Crippen molar-refractivity contribution >= 4 is 40.0 Å². The lowest BCUT2D eigenvalue weighted by molar-refractivity contribution is 0.0952. The van der Waals surface area contributed by atoms with Gasteiger partial charge in [-0.2, -0.15) is 0 Å². The first-order valence-corrected chi connectivity index (χ1v) is 10.6. The Bertz CT molecular complexity index is 1310. The number of nitrogens with zero attached hydrogens (tertiary/aromatic N) is 1. The van der Waals surface area contributed by atoms with Gasteiger partial charge in [-0.3, -0.25) is 4.79 Å². The third-order valence-electron chi connectivity index (χ3n) is 5.08. The van der Waals surface area contributed by atoms with E-state index in [1.165, 1.54) is 0 Å². The maximum absolute atomic E-state index is 13.2. The Hall–Kier alpha value is -3.28. The minimum absolute atomic E-state index is 0.219. The molecule has 0 saturated heterocycles. The smallest absolute Gasteiger partial charge is 0.252 e. The molecule has 0 fully saturated rings. The second-order valence-electron chi connectivity index (χ2n) is 7.07. The van der Waals surface area contributed by atoms with Crippen LogP contribution in [0, 0.1) is 0 Å². The summed E-state index contributed by atoms with van der Waals surface area (Å²) >= 11 is 12.1. The van der Waals surface area contributed by atoms with Gasteiger partial charge in [0, 0.05) is 23.6 Å². The fourth-order valence-corrected chi connectivity index (χ4v) is 3.76. The van der Waals surface area contributed by atoms with Gasteiger partial charge in [0.05, 0.1) is 41.0 Å². The number of hydrogen-bond acceptors (Lipinski definition) is 4. The molecular formula is C25H20Cl2N2O3. The van der Waals surface area contributed by atoms with Gasteiger partial charge >= 0.3 is 0 Å². The second kappa shape index (κ2) is 9.47. The number of para-hydroxylation sites is 1. The zero-order valence-corrected chi connectivity index (χ0v) is 19.0. The summed E-state index contributed by atoms with van der Waals surface area (Å²) in [6.07, 6.45) is 0. The minimum Gasteiger partial charge on any atom is -0.497 e. The standard InChI is InChI=1S/C25H20Cl2N2O3/c1-31-16-8-9-18(24(12-16)32-2)23-13-19(17-5-3-4-6-22(17)29-23)25(30)28-14-15-7-10-20(26)21(27)11-15/h3-13H,14H2,1-2H3,(H,28,30). The van der Waals surface area contributed by atoms with Crippen LogP contribution in [0.15, 0.2) is 66.7 Å². The predicted octanol–water partition coefficient (Wildman–Crippen LogP) is 6.16. The Morgan fingerprint density at radius 2 is 1.75 bits per heavy atom. The molecule has 4 rings (SSSR count). The van der Waals surface area contributed by atoms with E-state index in [1.807, 2.05) is 42.5 Å². The lowest BCUT2D eigenvalue weighted by atomic mass is 10.0. The highest BCUT2D eigenvalue weighted by molar-refractivity contribution is 6.42. The van der Waals surface area contributed by atoms with Gasteiger partial charge in [-0.25, -0.2) is 4.98 Å². The number of methoxy groups -OCH3 is 2. The zero-order valence-electron chi connectivity index (χ0n) is 17.5. The van der Waals surface area contributed by atoms with Crippen molar-refractivity contribution in [3.05, 3.63) is 87.9 Å². The van der Waals surface area contributed by atoms with E-state index in [4.69, 9.17) is 37.7 Å². The summed E-state index contributed by atoms with van der Waals surface area (Å²) in [6, 6.07) is 20.1. The predicted molar refractivity (Wildman–Crippen MR) is 128 cm³/mol. The van der Waals surface area contributed by atoms with Crippen LogP contribution in [0.2, 0.25) is 10.0 Å². The van der Waals surface area contributed by atoms with Crippen molar-refractivity contribution in [1.29, 1.82) is 0 Å². The van der Waals surface area contributed by atoms with E-state index >= 15 is 0 Å². The SMILES string of the molecule is COc1ccc(-c2cc(C(=O)NCc3ccc(Cl)c(Cl)c3)c3ccccc3n2)c(OC)c1. The largest absolute Gasteiger partial charge is 0.497 e. The van der Waals surface area contributed by atoms with Crippen molar-refractivity contribution in [3.63, 3.8) is 0 Å². The molecule has 162 valence electrons. The molecule has 0 radical (unpaired) electrons. The number of aromatic nitrogens is 1. The first-order chi connectivity index (χ1) is 15.5. The molecule has 0 aliphatic rings. The van der Waals surface area contributed by atoms with Crippen LogP contribution in [0.5, 0.6) is 11.5 Å². The quantitative estimate of drug-likeness (QED) is 0.369. The lowest BCUT2D eigenvalue weighted by Crippen LogP contribution is -2.23. The molecule has 0 aliphatic carbocycles. The van der Waals surface area contributed by atoms with E-state index in [0.717, 1.165) is 16.5 Å². The van der Waals surface area contributed by atoms with E-state index in [0.29, 0.717) is 44.9 Å². The van der Waals surface area contributed by atoms with Crippen LogP contribution in [-0.2, 0) is 6.54 Å². The maximum Gasteiger partial charge on any atom is 0.252 e. The highest BCUT2D eigenvalue weighted by Crippen LogP contribution is 2.34. The van der Waals surface area contributed by atoms with Crippen LogP contribution in [0.25, 0.3) is 22.2 Å². The van der Waals surface area contributed by atoms with Gasteiger partial charge in [0.1, 0.15) is 11.5 Å². The van der Waals surface area contributed by atoms with Gasteiger partial charge < -0.3 is 14.8 Å². The lowest BCUT2D eigenvalue weighted by Gasteiger charge is -2.13. The summed E-state index contributed by atoms with van der Waals surface area (Å²) in [4.78, 5) is 17.9. The third kappa shape index (κ3) is 4.49. The van der Waals surface area contributed by atoms with Gasteiger partial charge in [0.2, 0.25) is 0 Å². The molecule has 1 amide bonds. The molecule has 1 N–H and O–H groups in total. The number of amides is 1. The Morgan fingerprint density at radius 3 is 2.50 bits per heavy atom. The molecule has 32 heavy (non-hydrogen) atoms. The number of carbonyl (C=O) groups is 1. The molecular weight excluding hydrogens is 447 g/mol. The van der Waals surface area contributed by atoms with Crippen molar-refractivity contribution in [2.45, 2.75) is 6.54 Å². The molecule has 0 bridgehead atoms. The second-order valence-corrected chi connectivity index (χ2v) is 7.88. The number of ether oxygens (including phenoxy) is 2. The maximum atomic E-state index is 13.2. The normalized spacial score (nSPS) is 10.8. The fourth-order valence-electron chi connectivity index (χ4n) is 3.44. The van der Waals surface area contributed by atoms with E-state index in [1.54, 1.807) is 38.5 Å². The van der Waals surface area contributed by atoms with Crippen LogP contribution >= 0.6 is 23.2 Å². The summed E-state index contributed by atoms with van der Waals surface area (Å²) in [5, 5.41) is 4.64. The number of rotatable bonds is 6. The number of nitrogens with one attached hydrogen (secondary N) is 1. The molecule has 1 heterocycles. The Balaban J connectivity index is 1.72. The van der Waals surface area contributed by atoms with E-state index in [9.17, 15) is 4.79 Å². The van der Waals surface area contributed by atoms with Crippen molar-refractivity contribution in [3.8, 4) is 22.8 Å². The first kappa shape index (κ1) is 21.9. The van der Waals surface area contributed by atoms with Crippen molar-refractivity contribution in [1.82, 2.24) is 10.3 Å². The molecule has 5 nitrogen and oxygen atoms in total. The first-order valence-electron chi connectivity index (χ1n) is 9.84.